The molecular formula is C22H17FN2O2S. The van der Waals surface area contributed by atoms with Gasteiger partial charge >= 0.3 is 0 Å². The predicted octanol–water partition coefficient (Wildman–Crippen LogP) is 5.78. The molecule has 0 aliphatic heterocycles. The Kier molecular flexibility index (Phi) is 5.30. The van der Waals surface area contributed by atoms with E-state index in [1.807, 2.05) is 41.8 Å². The summed E-state index contributed by atoms with van der Waals surface area (Å²) in [4.78, 5) is 17.7. The summed E-state index contributed by atoms with van der Waals surface area (Å²) in [6.07, 6.45) is 2.04. The average molecular weight is 392 g/mol. The molecule has 0 atom stereocenters. The van der Waals surface area contributed by atoms with Crippen LogP contribution in [0.15, 0.2) is 76.7 Å². The fourth-order valence-corrected chi connectivity index (χ4v) is 3.65. The first-order chi connectivity index (χ1) is 13.7. The summed E-state index contributed by atoms with van der Waals surface area (Å²) < 4.78 is 19.4. The van der Waals surface area contributed by atoms with Crippen LogP contribution in [0, 0.1) is 5.82 Å². The summed E-state index contributed by atoms with van der Waals surface area (Å²) in [6, 6.07) is 18.1. The predicted molar refractivity (Wildman–Crippen MR) is 109 cm³/mol. The van der Waals surface area contributed by atoms with Crippen molar-refractivity contribution in [3.63, 3.8) is 0 Å². The molecule has 0 bridgehead atoms. The lowest BCUT2D eigenvalue weighted by atomic mass is 10.1. The number of aryl methyl sites for hydroxylation is 1. The monoisotopic (exact) mass is 392 g/mol. The van der Waals surface area contributed by atoms with Crippen molar-refractivity contribution >= 4 is 22.9 Å². The maximum atomic E-state index is 13.8. The number of thiophene rings is 1. The van der Waals surface area contributed by atoms with Crippen LogP contribution in [0.5, 0.6) is 0 Å². The topological polar surface area (TPSA) is 55.1 Å². The Hall–Kier alpha value is -3.25. The first kappa shape index (κ1) is 18.1. The van der Waals surface area contributed by atoms with Gasteiger partial charge < -0.3 is 9.73 Å². The van der Waals surface area contributed by atoms with Crippen LogP contribution in [-0.4, -0.2) is 10.9 Å². The van der Waals surface area contributed by atoms with Gasteiger partial charge in [-0.1, -0.05) is 36.4 Å². The van der Waals surface area contributed by atoms with E-state index in [0.29, 0.717) is 23.6 Å². The number of para-hydroxylation sites is 1. The van der Waals surface area contributed by atoms with E-state index in [1.54, 1.807) is 29.5 Å². The largest absolute Gasteiger partial charge is 0.441 e. The van der Waals surface area contributed by atoms with Gasteiger partial charge in [0.25, 0.3) is 0 Å². The van der Waals surface area contributed by atoms with Crippen molar-refractivity contribution in [1.82, 2.24) is 4.98 Å². The van der Waals surface area contributed by atoms with Crippen molar-refractivity contribution in [3.05, 3.63) is 83.9 Å². The number of oxazole rings is 1. The second kappa shape index (κ2) is 8.19. The minimum atomic E-state index is -0.367. The normalized spacial score (nSPS) is 10.8. The molecule has 0 saturated carbocycles. The van der Waals surface area contributed by atoms with Crippen molar-refractivity contribution in [2.75, 3.05) is 5.32 Å². The number of rotatable bonds is 6. The highest BCUT2D eigenvalue weighted by Gasteiger charge is 2.13. The Balaban J connectivity index is 1.41. The molecule has 1 amide bonds. The smallest absolute Gasteiger partial charge is 0.224 e. The van der Waals surface area contributed by atoms with Crippen molar-refractivity contribution in [2.45, 2.75) is 12.8 Å². The van der Waals surface area contributed by atoms with E-state index in [1.165, 1.54) is 12.3 Å². The summed E-state index contributed by atoms with van der Waals surface area (Å²) >= 11 is 1.62. The quantitative estimate of drug-likeness (QED) is 0.452. The van der Waals surface area contributed by atoms with E-state index in [9.17, 15) is 9.18 Å². The van der Waals surface area contributed by atoms with Crippen LogP contribution < -0.4 is 5.32 Å². The number of anilines is 1. The van der Waals surface area contributed by atoms with E-state index in [4.69, 9.17) is 4.42 Å². The van der Waals surface area contributed by atoms with Gasteiger partial charge in [-0.25, -0.2) is 9.37 Å². The molecule has 140 valence electrons. The molecule has 4 aromatic rings. The molecule has 1 N–H and O–H groups in total. The van der Waals surface area contributed by atoms with E-state index in [2.05, 4.69) is 10.3 Å². The van der Waals surface area contributed by atoms with E-state index in [0.717, 1.165) is 16.1 Å². The van der Waals surface area contributed by atoms with Crippen LogP contribution in [0.25, 0.3) is 21.8 Å². The van der Waals surface area contributed by atoms with Crippen LogP contribution in [0.3, 0.4) is 0 Å². The van der Waals surface area contributed by atoms with Crippen molar-refractivity contribution in [1.29, 1.82) is 0 Å². The number of carbonyl (C=O) groups is 1. The standard InChI is InChI=1S/C22H17FN2O2S/c23-17-8-3-1-6-15(17)19-14-24-22(27-19)12-11-21(26)25-18-9-4-2-7-16(18)20-10-5-13-28-20/h1-10,13-14H,11-12H2,(H,25,26). The van der Waals surface area contributed by atoms with Gasteiger partial charge in [-0.05, 0) is 29.6 Å². The van der Waals surface area contributed by atoms with Gasteiger partial charge in [0, 0.05) is 29.0 Å². The summed E-state index contributed by atoms with van der Waals surface area (Å²) in [6.45, 7) is 0. The molecule has 28 heavy (non-hydrogen) atoms. The summed E-state index contributed by atoms with van der Waals surface area (Å²) in [5, 5.41) is 4.96. The molecular weight excluding hydrogens is 375 g/mol. The lowest BCUT2D eigenvalue weighted by Gasteiger charge is -2.09. The Morgan fingerprint density at radius 3 is 2.61 bits per heavy atom. The SMILES string of the molecule is O=C(CCc1ncc(-c2ccccc2F)o1)Nc1ccccc1-c1cccs1. The van der Waals surface area contributed by atoms with Crippen LogP contribution in [-0.2, 0) is 11.2 Å². The average Bonchev–Trinajstić information content (AvgIpc) is 3.39. The van der Waals surface area contributed by atoms with Gasteiger partial charge in [0.2, 0.25) is 5.91 Å². The fraction of sp³-hybridized carbons (Fsp3) is 0.0909. The van der Waals surface area contributed by atoms with Crippen molar-refractivity contribution in [3.8, 4) is 21.8 Å². The number of nitrogens with one attached hydrogen (secondary N) is 1. The first-order valence-electron chi connectivity index (χ1n) is 8.83. The molecule has 2 aromatic carbocycles. The molecule has 4 rings (SSSR count). The van der Waals surface area contributed by atoms with Gasteiger partial charge in [0.1, 0.15) is 5.82 Å². The molecule has 0 radical (unpaired) electrons. The van der Waals surface area contributed by atoms with Crippen LogP contribution in [0.4, 0.5) is 10.1 Å². The maximum absolute atomic E-state index is 13.8. The minimum Gasteiger partial charge on any atom is -0.441 e. The highest BCUT2D eigenvalue weighted by molar-refractivity contribution is 7.13. The molecule has 2 aromatic heterocycles. The lowest BCUT2D eigenvalue weighted by molar-refractivity contribution is -0.116. The number of nitrogens with zero attached hydrogens (tertiary/aromatic N) is 1. The highest BCUT2D eigenvalue weighted by atomic mass is 32.1. The fourth-order valence-electron chi connectivity index (χ4n) is 2.88. The molecule has 0 aliphatic rings. The van der Waals surface area contributed by atoms with Gasteiger partial charge in [0.05, 0.1) is 11.8 Å². The van der Waals surface area contributed by atoms with Crippen LogP contribution in [0.2, 0.25) is 0 Å². The summed E-state index contributed by atoms with van der Waals surface area (Å²) in [5.41, 5.74) is 2.12. The van der Waals surface area contributed by atoms with Gasteiger partial charge in [-0.3, -0.25) is 4.79 Å². The third kappa shape index (κ3) is 4.02. The van der Waals surface area contributed by atoms with Gasteiger partial charge in [-0.2, -0.15) is 0 Å². The Bertz CT molecular complexity index is 1090. The summed E-state index contributed by atoms with van der Waals surface area (Å²) in [7, 11) is 0. The second-order valence-corrected chi connectivity index (χ2v) is 7.12. The van der Waals surface area contributed by atoms with Crippen molar-refractivity contribution in [2.24, 2.45) is 0 Å². The number of benzene rings is 2. The zero-order valence-corrected chi connectivity index (χ0v) is 15.7. The third-order valence-corrected chi connectivity index (χ3v) is 5.15. The highest BCUT2D eigenvalue weighted by Crippen LogP contribution is 2.31. The Labute approximate surface area is 165 Å². The number of aromatic nitrogens is 1. The number of hydrogen-bond donors (Lipinski definition) is 1. The number of hydrogen-bond acceptors (Lipinski definition) is 4. The zero-order valence-electron chi connectivity index (χ0n) is 14.9. The third-order valence-electron chi connectivity index (χ3n) is 4.25. The Morgan fingerprint density at radius 2 is 1.82 bits per heavy atom. The second-order valence-electron chi connectivity index (χ2n) is 6.17. The minimum absolute atomic E-state index is 0.130. The molecule has 6 heteroatoms. The molecule has 0 unspecified atom stereocenters. The van der Waals surface area contributed by atoms with E-state index in [-0.39, 0.29) is 18.1 Å². The number of halogens is 1. The van der Waals surface area contributed by atoms with Crippen LogP contribution in [0.1, 0.15) is 12.3 Å². The zero-order chi connectivity index (χ0) is 19.3. The van der Waals surface area contributed by atoms with Gasteiger partial charge in [0.15, 0.2) is 11.7 Å². The first-order valence-corrected chi connectivity index (χ1v) is 9.71. The maximum Gasteiger partial charge on any atom is 0.224 e. The van der Waals surface area contributed by atoms with Crippen molar-refractivity contribution < 1.29 is 13.6 Å². The molecule has 2 heterocycles. The van der Waals surface area contributed by atoms with Gasteiger partial charge in [-0.15, -0.1) is 11.3 Å². The van der Waals surface area contributed by atoms with E-state index >= 15 is 0 Å². The molecule has 0 fully saturated rings. The summed E-state index contributed by atoms with van der Waals surface area (Å²) in [5.74, 6) is 0.263. The Morgan fingerprint density at radius 1 is 1.04 bits per heavy atom. The molecule has 0 aliphatic carbocycles. The molecule has 0 spiro atoms. The van der Waals surface area contributed by atoms with E-state index < -0.39 is 0 Å². The number of amides is 1. The van der Waals surface area contributed by atoms with Crippen LogP contribution >= 0.6 is 11.3 Å². The lowest BCUT2D eigenvalue weighted by Crippen LogP contribution is -2.13. The number of carbonyl (C=O) groups excluding carboxylic acids is 1. The molecule has 4 nitrogen and oxygen atoms in total. The molecule has 0 saturated heterocycles.